The minimum Gasteiger partial charge on any atom is -0.339 e. The summed E-state index contributed by atoms with van der Waals surface area (Å²) in [6, 6.07) is 0.318. The molecule has 0 bridgehead atoms. The van der Waals surface area contributed by atoms with Crippen LogP contribution in [0.1, 0.15) is 49.9 Å². The lowest BCUT2D eigenvalue weighted by Crippen LogP contribution is -2.27. The lowest BCUT2D eigenvalue weighted by molar-refractivity contribution is 0.330. The van der Waals surface area contributed by atoms with Gasteiger partial charge < -0.3 is 9.84 Å². The zero-order chi connectivity index (χ0) is 12.2. The maximum absolute atomic E-state index is 5.41. The van der Waals surface area contributed by atoms with Crippen molar-refractivity contribution in [1.29, 1.82) is 0 Å². The third-order valence-electron chi connectivity index (χ3n) is 3.91. The number of piperidine rings is 1. The zero-order valence-electron chi connectivity index (χ0n) is 10.7. The number of hydrogen-bond donors (Lipinski definition) is 1. The first kappa shape index (κ1) is 12.5. The summed E-state index contributed by atoms with van der Waals surface area (Å²) in [7, 11) is 0. The predicted molar refractivity (Wildman–Crippen MR) is 72.6 cm³/mol. The second-order valence-electron chi connectivity index (χ2n) is 5.31. The second-order valence-corrected chi connectivity index (χ2v) is 6.53. The highest BCUT2D eigenvalue weighted by molar-refractivity contribution is 7.99. The second kappa shape index (κ2) is 6.06. The Morgan fingerprint density at radius 2 is 2.11 bits per heavy atom. The standard InChI is InChI=1S/C13H21N3OS/c1-2-6-14-11(3-1)13-15-12(17-16-13)9-10-4-7-18-8-5-10/h10-11,14H,1-9H2. The van der Waals surface area contributed by atoms with Crippen LogP contribution in [0.15, 0.2) is 4.52 Å². The maximum Gasteiger partial charge on any atom is 0.226 e. The lowest BCUT2D eigenvalue weighted by Gasteiger charge is -2.20. The van der Waals surface area contributed by atoms with E-state index in [1.54, 1.807) is 0 Å². The molecular weight excluding hydrogens is 246 g/mol. The summed E-state index contributed by atoms with van der Waals surface area (Å²) in [6.07, 6.45) is 7.23. The Labute approximate surface area is 112 Å². The van der Waals surface area contributed by atoms with Crippen LogP contribution in [-0.4, -0.2) is 28.2 Å². The molecule has 1 aromatic rings. The van der Waals surface area contributed by atoms with Crippen molar-refractivity contribution in [3.05, 3.63) is 11.7 Å². The fourth-order valence-electron chi connectivity index (χ4n) is 2.76. The van der Waals surface area contributed by atoms with Gasteiger partial charge in [-0.2, -0.15) is 16.7 Å². The Bertz CT molecular complexity index is 370. The lowest BCUT2D eigenvalue weighted by atomic mass is 9.99. The number of rotatable bonds is 3. The van der Waals surface area contributed by atoms with E-state index in [9.17, 15) is 0 Å². The van der Waals surface area contributed by atoms with Crippen molar-refractivity contribution in [1.82, 2.24) is 15.5 Å². The van der Waals surface area contributed by atoms with E-state index in [2.05, 4.69) is 27.2 Å². The number of hydrogen-bond acceptors (Lipinski definition) is 5. The average Bonchev–Trinajstić information content (AvgIpc) is 2.89. The fraction of sp³-hybridized carbons (Fsp3) is 0.846. The van der Waals surface area contributed by atoms with E-state index in [0.717, 1.165) is 37.0 Å². The van der Waals surface area contributed by atoms with Gasteiger partial charge in [-0.1, -0.05) is 11.6 Å². The molecule has 0 amide bonds. The van der Waals surface area contributed by atoms with Gasteiger partial charge in [0.05, 0.1) is 6.04 Å². The summed E-state index contributed by atoms with van der Waals surface area (Å²) >= 11 is 2.06. The molecule has 3 heterocycles. The van der Waals surface area contributed by atoms with Gasteiger partial charge in [0, 0.05) is 6.42 Å². The van der Waals surface area contributed by atoms with Crippen LogP contribution in [0.2, 0.25) is 0 Å². The minimum absolute atomic E-state index is 0.318. The van der Waals surface area contributed by atoms with Crippen LogP contribution in [0.5, 0.6) is 0 Å². The Morgan fingerprint density at radius 3 is 2.89 bits per heavy atom. The van der Waals surface area contributed by atoms with Crippen molar-refractivity contribution < 1.29 is 4.52 Å². The molecule has 1 aromatic heterocycles. The predicted octanol–water partition coefficient (Wildman–Crippen LogP) is 2.57. The molecule has 0 spiro atoms. The Kier molecular flexibility index (Phi) is 4.20. The van der Waals surface area contributed by atoms with E-state index < -0.39 is 0 Å². The molecule has 0 saturated carbocycles. The van der Waals surface area contributed by atoms with Crippen molar-refractivity contribution in [3.8, 4) is 0 Å². The van der Waals surface area contributed by atoms with Crippen molar-refractivity contribution in [2.75, 3.05) is 18.1 Å². The minimum atomic E-state index is 0.318. The van der Waals surface area contributed by atoms with E-state index >= 15 is 0 Å². The molecule has 3 rings (SSSR count). The molecule has 0 aromatic carbocycles. The third-order valence-corrected chi connectivity index (χ3v) is 4.96. The molecule has 0 radical (unpaired) electrons. The molecule has 0 aliphatic carbocycles. The first-order valence-electron chi connectivity index (χ1n) is 7.05. The van der Waals surface area contributed by atoms with E-state index in [1.165, 1.54) is 37.2 Å². The monoisotopic (exact) mass is 267 g/mol. The molecule has 2 aliphatic heterocycles. The largest absolute Gasteiger partial charge is 0.339 e. The van der Waals surface area contributed by atoms with Gasteiger partial charge in [-0.05, 0) is 49.7 Å². The topological polar surface area (TPSA) is 51.0 Å². The Balaban J connectivity index is 1.58. The van der Waals surface area contributed by atoms with Crippen LogP contribution in [-0.2, 0) is 6.42 Å². The van der Waals surface area contributed by atoms with Gasteiger partial charge in [0.25, 0.3) is 0 Å². The summed E-state index contributed by atoms with van der Waals surface area (Å²) in [5.41, 5.74) is 0. The van der Waals surface area contributed by atoms with Crippen LogP contribution in [0.25, 0.3) is 0 Å². The number of nitrogens with zero attached hydrogens (tertiary/aromatic N) is 2. The molecule has 1 atom stereocenters. The zero-order valence-corrected chi connectivity index (χ0v) is 11.5. The highest BCUT2D eigenvalue weighted by atomic mass is 32.2. The van der Waals surface area contributed by atoms with Gasteiger partial charge >= 0.3 is 0 Å². The van der Waals surface area contributed by atoms with Gasteiger partial charge in [0.2, 0.25) is 5.89 Å². The maximum atomic E-state index is 5.41. The van der Waals surface area contributed by atoms with Crippen LogP contribution < -0.4 is 5.32 Å². The molecule has 4 nitrogen and oxygen atoms in total. The first-order valence-corrected chi connectivity index (χ1v) is 8.21. The first-order chi connectivity index (χ1) is 8.92. The highest BCUT2D eigenvalue weighted by Crippen LogP contribution is 2.26. The quantitative estimate of drug-likeness (QED) is 0.912. The van der Waals surface area contributed by atoms with Gasteiger partial charge in [0.15, 0.2) is 5.82 Å². The molecule has 2 fully saturated rings. The summed E-state index contributed by atoms with van der Waals surface area (Å²) in [5, 5.41) is 7.62. The van der Waals surface area contributed by atoms with E-state index in [1.807, 2.05) is 0 Å². The summed E-state index contributed by atoms with van der Waals surface area (Å²) in [5.74, 6) is 5.04. The van der Waals surface area contributed by atoms with Gasteiger partial charge in [-0.3, -0.25) is 0 Å². The molecule has 18 heavy (non-hydrogen) atoms. The van der Waals surface area contributed by atoms with Crippen molar-refractivity contribution in [3.63, 3.8) is 0 Å². The van der Waals surface area contributed by atoms with Gasteiger partial charge in [0.1, 0.15) is 0 Å². The molecule has 5 heteroatoms. The van der Waals surface area contributed by atoms with Crippen LogP contribution in [0, 0.1) is 5.92 Å². The smallest absolute Gasteiger partial charge is 0.226 e. The Hall–Kier alpha value is -0.550. The summed E-state index contributed by atoms with van der Waals surface area (Å²) in [4.78, 5) is 4.58. The Morgan fingerprint density at radius 1 is 1.22 bits per heavy atom. The molecule has 2 aliphatic rings. The number of nitrogens with one attached hydrogen (secondary N) is 1. The highest BCUT2D eigenvalue weighted by Gasteiger charge is 2.22. The van der Waals surface area contributed by atoms with Crippen LogP contribution in [0.3, 0.4) is 0 Å². The van der Waals surface area contributed by atoms with E-state index in [4.69, 9.17) is 4.52 Å². The number of aromatic nitrogens is 2. The fourth-order valence-corrected chi connectivity index (χ4v) is 3.97. The SMILES string of the molecule is C1CCC(c2noc(CC3CCSCC3)n2)NC1. The van der Waals surface area contributed by atoms with Crippen molar-refractivity contribution in [2.45, 2.75) is 44.6 Å². The van der Waals surface area contributed by atoms with Crippen molar-refractivity contribution in [2.24, 2.45) is 5.92 Å². The third kappa shape index (κ3) is 3.06. The van der Waals surface area contributed by atoms with Crippen LogP contribution in [0.4, 0.5) is 0 Å². The van der Waals surface area contributed by atoms with Gasteiger partial charge in [-0.15, -0.1) is 0 Å². The molecular formula is C13H21N3OS. The van der Waals surface area contributed by atoms with Gasteiger partial charge in [-0.25, -0.2) is 0 Å². The summed E-state index contributed by atoms with van der Waals surface area (Å²) < 4.78 is 5.41. The number of thioether (sulfide) groups is 1. The molecule has 2 saturated heterocycles. The van der Waals surface area contributed by atoms with Crippen LogP contribution >= 0.6 is 11.8 Å². The molecule has 1 unspecified atom stereocenters. The van der Waals surface area contributed by atoms with E-state index in [-0.39, 0.29) is 0 Å². The molecule has 100 valence electrons. The normalized spacial score (nSPS) is 26.3. The van der Waals surface area contributed by atoms with Crippen molar-refractivity contribution >= 4 is 11.8 Å². The van der Waals surface area contributed by atoms with E-state index in [0.29, 0.717) is 6.04 Å². The molecule has 1 N–H and O–H groups in total. The average molecular weight is 267 g/mol. The summed E-state index contributed by atoms with van der Waals surface area (Å²) in [6.45, 7) is 1.08.